The molecule has 1 aliphatic rings. The smallest absolute Gasteiger partial charge is 0.409 e. The lowest BCUT2D eigenvalue weighted by atomic mass is 10.0. The van der Waals surface area contributed by atoms with Crippen molar-refractivity contribution in [1.29, 1.82) is 0 Å². The first-order valence-electron chi connectivity index (χ1n) is 7.28. The SMILES string of the molecule is CC(C)c1ccccc1NC(=O)CCC1CN(C)C(=O)O1. The number of anilines is 1. The highest BCUT2D eigenvalue weighted by Crippen LogP contribution is 2.24. The van der Waals surface area contributed by atoms with Gasteiger partial charge in [-0.25, -0.2) is 4.79 Å². The fraction of sp³-hybridized carbons (Fsp3) is 0.500. The molecule has 1 atom stereocenters. The number of likely N-dealkylation sites (N-methyl/N-ethyl adjacent to an activating group) is 1. The largest absolute Gasteiger partial charge is 0.444 e. The number of hydrogen-bond acceptors (Lipinski definition) is 3. The number of cyclic esters (lactones) is 1. The molecule has 1 saturated heterocycles. The van der Waals surface area contributed by atoms with Crippen LogP contribution in [0.5, 0.6) is 0 Å². The summed E-state index contributed by atoms with van der Waals surface area (Å²) in [6.07, 6.45) is 0.392. The molecule has 1 aromatic carbocycles. The first kappa shape index (κ1) is 15.4. The maximum Gasteiger partial charge on any atom is 0.409 e. The van der Waals surface area contributed by atoms with Crippen molar-refractivity contribution < 1.29 is 14.3 Å². The highest BCUT2D eigenvalue weighted by Gasteiger charge is 2.28. The molecule has 1 fully saturated rings. The number of ether oxygens (including phenoxy) is 1. The van der Waals surface area contributed by atoms with Crippen LogP contribution >= 0.6 is 0 Å². The molecule has 2 rings (SSSR count). The molecule has 1 N–H and O–H groups in total. The second-order valence-corrected chi connectivity index (χ2v) is 5.72. The monoisotopic (exact) mass is 290 g/mol. The summed E-state index contributed by atoms with van der Waals surface area (Å²) in [6, 6.07) is 7.82. The molecule has 5 nitrogen and oxygen atoms in total. The van der Waals surface area contributed by atoms with E-state index in [1.807, 2.05) is 24.3 Å². The van der Waals surface area contributed by atoms with Gasteiger partial charge in [-0.05, 0) is 24.0 Å². The van der Waals surface area contributed by atoms with E-state index in [1.165, 1.54) is 4.90 Å². The molecule has 0 bridgehead atoms. The molecule has 114 valence electrons. The number of rotatable bonds is 5. The second kappa shape index (κ2) is 6.61. The lowest BCUT2D eigenvalue weighted by Gasteiger charge is -2.14. The van der Waals surface area contributed by atoms with Gasteiger partial charge in [-0.1, -0.05) is 32.0 Å². The zero-order valence-electron chi connectivity index (χ0n) is 12.8. The number of hydrogen-bond donors (Lipinski definition) is 1. The van der Waals surface area contributed by atoms with Crippen LogP contribution in [0.3, 0.4) is 0 Å². The van der Waals surface area contributed by atoms with Crippen molar-refractivity contribution in [3.63, 3.8) is 0 Å². The lowest BCUT2D eigenvalue weighted by Crippen LogP contribution is -2.20. The Morgan fingerprint density at radius 1 is 1.43 bits per heavy atom. The molecule has 21 heavy (non-hydrogen) atoms. The number of nitrogens with zero attached hydrogens (tertiary/aromatic N) is 1. The van der Waals surface area contributed by atoms with Crippen LogP contribution in [-0.4, -0.2) is 36.6 Å². The Hall–Kier alpha value is -2.04. The molecule has 1 heterocycles. The first-order valence-corrected chi connectivity index (χ1v) is 7.28. The average Bonchev–Trinajstić information content (AvgIpc) is 2.76. The average molecular weight is 290 g/mol. The molecule has 0 saturated carbocycles. The predicted octanol–water partition coefficient (Wildman–Crippen LogP) is 2.98. The third-order valence-corrected chi connectivity index (χ3v) is 3.61. The van der Waals surface area contributed by atoms with Gasteiger partial charge < -0.3 is 15.0 Å². The van der Waals surface area contributed by atoms with Crippen molar-refractivity contribution in [2.45, 2.75) is 38.7 Å². The Bertz CT molecular complexity index is 528. The molecule has 1 aromatic rings. The van der Waals surface area contributed by atoms with Gasteiger partial charge in [0.25, 0.3) is 0 Å². The van der Waals surface area contributed by atoms with Crippen molar-refractivity contribution in [3.8, 4) is 0 Å². The van der Waals surface area contributed by atoms with Crippen molar-refractivity contribution in [1.82, 2.24) is 4.90 Å². The predicted molar refractivity (Wildman–Crippen MR) is 81.3 cm³/mol. The van der Waals surface area contributed by atoms with E-state index in [0.717, 1.165) is 11.3 Å². The number of carbonyl (C=O) groups excluding carboxylic acids is 2. The number of benzene rings is 1. The molecule has 1 unspecified atom stereocenters. The van der Waals surface area contributed by atoms with E-state index in [9.17, 15) is 9.59 Å². The number of amides is 2. The quantitative estimate of drug-likeness (QED) is 0.907. The molecular weight excluding hydrogens is 268 g/mol. The van der Waals surface area contributed by atoms with Crippen LogP contribution < -0.4 is 5.32 Å². The van der Waals surface area contributed by atoms with Gasteiger partial charge in [-0.3, -0.25) is 4.79 Å². The van der Waals surface area contributed by atoms with E-state index in [4.69, 9.17) is 4.74 Å². The third kappa shape index (κ3) is 3.97. The molecule has 0 aliphatic carbocycles. The number of nitrogens with one attached hydrogen (secondary N) is 1. The van der Waals surface area contributed by atoms with Crippen molar-refractivity contribution in [3.05, 3.63) is 29.8 Å². The molecule has 5 heteroatoms. The highest BCUT2D eigenvalue weighted by atomic mass is 16.6. The fourth-order valence-electron chi connectivity index (χ4n) is 2.42. The Balaban J connectivity index is 1.87. The van der Waals surface area contributed by atoms with E-state index in [2.05, 4.69) is 19.2 Å². The van der Waals surface area contributed by atoms with E-state index < -0.39 is 0 Å². The maximum absolute atomic E-state index is 12.0. The Morgan fingerprint density at radius 2 is 2.14 bits per heavy atom. The molecule has 0 aromatic heterocycles. The summed E-state index contributed by atoms with van der Waals surface area (Å²) in [4.78, 5) is 24.8. The topological polar surface area (TPSA) is 58.6 Å². The summed E-state index contributed by atoms with van der Waals surface area (Å²) in [5.41, 5.74) is 1.98. The Morgan fingerprint density at radius 3 is 2.76 bits per heavy atom. The van der Waals surface area contributed by atoms with Crippen molar-refractivity contribution >= 4 is 17.7 Å². The highest BCUT2D eigenvalue weighted by molar-refractivity contribution is 5.91. The first-order chi connectivity index (χ1) is 9.97. The van der Waals surface area contributed by atoms with Gasteiger partial charge >= 0.3 is 6.09 Å². The molecule has 0 radical (unpaired) electrons. The van der Waals surface area contributed by atoms with Gasteiger partial charge in [0.2, 0.25) is 5.91 Å². The molecule has 1 aliphatic heterocycles. The van der Waals surface area contributed by atoms with Gasteiger partial charge in [-0.2, -0.15) is 0 Å². The van der Waals surface area contributed by atoms with Crippen molar-refractivity contribution in [2.75, 3.05) is 18.9 Å². The van der Waals surface area contributed by atoms with Crippen LogP contribution in [0.25, 0.3) is 0 Å². The zero-order valence-corrected chi connectivity index (χ0v) is 12.8. The van der Waals surface area contributed by atoms with Crippen LogP contribution in [0.1, 0.15) is 38.2 Å². The Labute approximate surface area is 125 Å². The summed E-state index contributed by atoms with van der Waals surface area (Å²) in [6.45, 7) is 4.74. The van der Waals surface area contributed by atoms with Gasteiger partial charge in [-0.15, -0.1) is 0 Å². The van der Waals surface area contributed by atoms with Gasteiger partial charge in [0.05, 0.1) is 6.54 Å². The van der Waals surface area contributed by atoms with E-state index in [-0.39, 0.29) is 18.1 Å². The third-order valence-electron chi connectivity index (χ3n) is 3.61. The maximum atomic E-state index is 12.0. The van der Waals surface area contributed by atoms with Crippen LogP contribution in [0, 0.1) is 0 Å². The fourth-order valence-corrected chi connectivity index (χ4v) is 2.42. The molecule has 0 spiro atoms. The minimum absolute atomic E-state index is 0.0475. The normalized spacial score (nSPS) is 18.0. The summed E-state index contributed by atoms with van der Waals surface area (Å²) < 4.78 is 5.14. The number of carbonyl (C=O) groups is 2. The molecule has 2 amide bonds. The molecular formula is C16H22N2O3. The van der Waals surface area contributed by atoms with Gasteiger partial charge in [0, 0.05) is 19.2 Å². The van der Waals surface area contributed by atoms with E-state index in [0.29, 0.717) is 25.3 Å². The zero-order chi connectivity index (χ0) is 15.4. The van der Waals surface area contributed by atoms with Gasteiger partial charge in [0.1, 0.15) is 6.10 Å². The minimum Gasteiger partial charge on any atom is -0.444 e. The summed E-state index contributed by atoms with van der Waals surface area (Å²) >= 11 is 0. The number of para-hydroxylation sites is 1. The van der Waals surface area contributed by atoms with E-state index >= 15 is 0 Å². The second-order valence-electron chi connectivity index (χ2n) is 5.72. The van der Waals surface area contributed by atoms with Crippen LogP contribution in [0.4, 0.5) is 10.5 Å². The summed E-state index contributed by atoms with van der Waals surface area (Å²) in [5, 5.41) is 2.95. The summed E-state index contributed by atoms with van der Waals surface area (Å²) in [5.74, 6) is 0.305. The Kier molecular flexibility index (Phi) is 4.83. The van der Waals surface area contributed by atoms with Crippen LogP contribution in [-0.2, 0) is 9.53 Å². The summed E-state index contributed by atoms with van der Waals surface area (Å²) in [7, 11) is 1.70. The van der Waals surface area contributed by atoms with Gasteiger partial charge in [0.15, 0.2) is 0 Å². The lowest BCUT2D eigenvalue weighted by molar-refractivity contribution is -0.116. The van der Waals surface area contributed by atoms with Crippen LogP contribution in [0.2, 0.25) is 0 Å². The standard InChI is InChI=1S/C16H22N2O3/c1-11(2)13-6-4-5-7-14(13)17-15(19)9-8-12-10-18(3)16(20)21-12/h4-7,11-12H,8-10H2,1-3H3,(H,17,19). The minimum atomic E-state index is -0.314. The van der Waals surface area contributed by atoms with Crippen molar-refractivity contribution in [2.24, 2.45) is 0 Å². The van der Waals surface area contributed by atoms with E-state index in [1.54, 1.807) is 7.05 Å². The van der Waals surface area contributed by atoms with Crippen LogP contribution in [0.15, 0.2) is 24.3 Å².